The van der Waals surface area contributed by atoms with E-state index in [0.717, 1.165) is 0 Å². The van der Waals surface area contributed by atoms with Gasteiger partial charge in [-0.1, -0.05) is 11.2 Å². The molecule has 7 heteroatoms. The molecule has 0 aliphatic rings. The van der Waals surface area contributed by atoms with Crippen molar-refractivity contribution in [3.63, 3.8) is 0 Å². The molecule has 0 saturated carbocycles. The molecule has 0 bridgehead atoms. The minimum Gasteiger partial charge on any atom is -0.496 e. The molecular formula is C13H11F2NO4. The lowest BCUT2D eigenvalue weighted by atomic mass is 10.00. The Hall–Kier alpha value is -2.44. The number of methoxy groups -OCH3 is 1. The molecule has 5 nitrogen and oxygen atoms in total. The second-order valence-corrected chi connectivity index (χ2v) is 4.06. The first-order valence-corrected chi connectivity index (χ1v) is 5.61. The summed E-state index contributed by atoms with van der Waals surface area (Å²) in [6.07, 6.45) is -2.71. The Bertz CT molecular complexity index is 652. The number of ether oxygens (including phenoxy) is 1. The van der Waals surface area contributed by atoms with Gasteiger partial charge in [-0.25, -0.2) is 13.6 Å². The lowest BCUT2D eigenvalue weighted by Gasteiger charge is -2.13. The monoisotopic (exact) mass is 283 g/mol. The molecule has 1 N–H and O–H groups in total. The number of hydrogen-bond donors (Lipinski definition) is 1. The van der Waals surface area contributed by atoms with Crippen molar-refractivity contribution in [2.45, 2.75) is 13.3 Å². The SMILES string of the molecule is COc1c(C(F)F)ccc(C)c1-c1cc(C(=O)O)on1. The number of halogens is 2. The molecule has 20 heavy (non-hydrogen) atoms. The van der Waals surface area contributed by atoms with E-state index in [0.29, 0.717) is 11.1 Å². The van der Waals surface area contributed by atoms with Gasteiger partial charge in [-0.05, 0) is 18.6 Å². The summed E-state index contributed by atoms with van der Waals surface area (Å²) in [7, 11) is 1.27. The number of alkyl halides is 2. The van der Waals surface area contributed by atoms with Crippen LogP contribution < -0.4 is 4.74 Å². The molecule has 0 amide bonds. The van der Waals surface area contributed by atoms with Crippen LogP contribution in [0.4, 0.5) is 8.78 Å². The number of carboxylic acids is 1. The molecule has 0 fully saturated rings. The van der Waals surface area contributed by atoms with E-state index in [-0.39, 0.29) is 22.8 Å². The van der Waals surface area contributed by atoms with E-state index in [4.69, 9.17) is 9.84 Å². The maximum absolute atomic E-state index is 13.0. The minimum atomic E-state index is -2.71. The fourth-order valence-electron chi connectivity index (χ4n) is 1.90. The van der Waals surface area contributed by atoms with Gasteiger partial charge < -0.3 is 14.4 Å². The van der Waals surface area contributed by atoms with Crippen LogP contribution in [0.15, 0.2) is 22.7 Å². The molecule has 0 unspecified atom stereocenters. The molecule has 0 aliphatic heterocycles. The molecule has 2 aromatic rings. The number of carboxylic acid groups (broad SMARTS) is 1. The summed E-state index contributed by atoms with van der Waals surface area (Å²) >= 11 is 0. The van der Waals surface area contributed by atoms with Gasteiger partial charge in [0.15, 0.2) is 0 Å². The van der Waals surface area contributed by atoms with Gasteiger partial charge in [0.25, 0.3) is 6.43 Å². The number of aromatic carboxylic acids is 1. The topological polar surface area (TPSA) is 72.6 Å². The summed E-state index contributed by atoms with van der Waals surface area (Å²) in [5, 5.41) is 12.4. The Labute approximate surface area is 112 Å². The maximum atomic E-state index is 13.0. The van der Waals surface area contributed by atoms with E-state index >= 15 is 0 Å². The normalized spacial score (nSPS) is 10.8. The van der Waals surface area contributed by atoms with Crippen LogP contribution in [0.25, 0.3) is 11.3 Å². The van der Waals surface area contributed by atoms with Gasteiger partial charge >= 0.3 is 5.97 Å². The third kappa shape index (κ3) is 2.34. The highest BCUT2D eigenvalue weighted by Crippen LogP contribution is 2.39. The minimum absolute atomic E-state index is 0.0368. The van der Waals surface area contributed by atoms with Gasteiger partial charge in [-0.3, -0.25) is 0 Å². The molecule has 0 spiro atoms. The number of hydrogen-bond acceptors (Lipinski definition) is 4. The van der Waals surface area contributed by atoms with Crippen molar-refractivity contribution in [3.8, 4) is 17.0 Å². The second kappa shape index (κ2) is 5.28. The molecule has 0 radical (unpaired) electrons. The Morgan fingerprint density at radius 3 is 2.65 bits per heavy atom. The highest BCUT2D eigenvalue weighted by atomic mass is 19.3. The van der Waals surface area contributed by atoms with E-state index < -0.39 is 12.4 Å². The fourth-order valence-corrected chi connectivity index (χ4v) is 1.90. The Morgan fingerprint density at radius 1 is 1.45 bits per heavy atom. The van der Waals surface area contributed by atoms with Crippen LogP contribution >= 0.6 is 0 Å². The van der Waals surface area contributed by atoms with Crippen LogP contribution in [0.1, 0.15) is 28.1 Å². The standard InChI is InChI=1S/C13H11F2NO4/c1-6-3-4-7(12(14)15)11(19-2)10(6)8-5-9(13(17)18)20-16-8/h3-5,12H,1-2H3,(H,17,18). The molecule has 0 saturated heterocycles. The first-order valence-electron chi connectivity index (χ1n) is 5.61. The van der Waals surface area contributed by atoms with Crippen LogP contribution in [-0.4, -0.2) is 23.3 Å². The lowest BCUT2D eigenvalue weighted by Crippen LogP contribution is -1.98. The van der Waals surface area contributed by atoms with E-state index in [9.17, 15) is 13.6 Å². The quantitative estimate of drug-likeness (QED) is 0.932. The van der Waals surface area contributed by atoms with Gasteiger partial charge in [0.2, 0.25) is 5.76 Å². The Kier molecular flexibility index (Phi) is 3.69. The Morgan fingerprint density at radius 2 is 2.15 bits per heavy atom. The van der Waals surface area contributed by atoms with Gasteiger partial charge in [0.1, 0.15) is 11.4 Å². The van der Waals surface area contributed by atoms with Crippen LogP contribution in [0.2, 0.25) is 0 Å². The average Bonchev–Trinajstić information content (AvgIpc) is 2.87. The number of rotatable bonds is 4. The van der Waals surface area contributed by atoms with Crippen molar-refractivity contribution < 1.29 is 27.9 Å². The summed E-state index contributed by atoms with van der Waals surface area (Å²) in [5.41, 5.74) is 0.769. The lowest BCUT2D eigenvalue weighted by molar-refractivity contribution is 0.0652. The zero-order valence-corrected chi connectivity index (χ0v) is 10.7. The average molecular weight is 283 g/mol. The molecule has 2 rings (SSSR count). The Balaban J connectivity index is 2.65. The number of aromatic nitrogens is 1. The summed E-state index contributed by atoms with van der Waals surface area (Å²) in [5.74, 6) is -1.69. The molecule has 0 aliphatic carbocycles. The van der Waals surface area contributed by atoms with Crippen LogP contribution in [0.5, 0.6) is 5.75 Å². The van der Waals surface area contributed by atoms with E-state index in [1.54, 1.807) is 6.92 Å². The molecule has 1 aromatic heterocycles. The summed E-state index contributed by atoms with van der Waals surface area (Å²) in [6, 6.07) is 3.93. The van der Waals surface area contributed by atoms with E-state index in [2.05, 4.69) is 9.68 Å². The summed E-state index contributed by atoms with van der Waals surface area (Å²) in [4.78, 5) is 10.8. The molecule has 0 atom stereocenters. The van der Waals surface area contributed by atoms with Gasteiger partial charge in [0, 0.05) is 11.6 Å². The molecular weight excluding hydrogens is 272 g/mol. The van der Waals surface area contributed by atoms with Crippen molar-refractivity contribution in [3.05, 3.63) is 35.1 Å². The number of nitrogens with zero attached hydrogens (tertiary/aromatic N) is 1. The highest BCUT2D eigenvalue weighted by Gasteiger charge is 2.23. The third-order valence-corrected chi connectivity index (χ3v) is 2.81. The predicted octanol–water partition coefficient (Wildman–Crippen LogP) is 3.29. The number of carbonyl (C=O) groups is 1. The van der Waals surface area contributed by atoms with Crippen molar-refractivity contribution in [2.75, 3.05) is 7.11 Å². The van der Waals surface area contributed by atoms with Crippen LogP contribution in [0.3, 0.4) is 0 Å². The zero-order chi connectivity index (χ0) is 14.9. The van der Waals surface area contributed by atoms with Gasteiger partial charge in [-0.15, -0.1) is 0 Å². The number of benzene rings is 1. The first-order chi connectivity index (χ1) is 9.45. The maximum Gasteiger partial charge on any atom is 0.374 e. The fraction of sp³-hybridized carbons (Fsp3) is 0.231. The largest absolute Gasteiger partial charge is 0.496 e. The highest BCUT2D eigenvalue weighted by molar-refractivity contribution is 5.86. The second-order valence-electron chi connectivity index (χ2n) is 4.06. The predicted molar refractivity (Wildman–Crippen MR) is 65.1 cm³/mol. The molecule has 1 aromatic carbocycles. The van der Waals surface area contributed by atoms with Crippen molar-refractivity contribution in [1.82, 2.24) is 5.16 Å². The number of aryl methyl sites for hydroxylation is 1. The first kappa shape index (κ1) is 14.0. The summed E-state index contributed by atoms with van der Waals surface area (Å²) in [6.45, 7) is 1.68. The summed E-state index contributed by atoms with van der Waals surface area (Å²) < 4.78 is 35.6. The van der Waals surface area contributed by atoms with Crippen LogP contribution in [-0.2, 0) is 0 Å². The van der Waals surface area contributed by atoms with Crippen molar-refractivity contribution in [1.29, 1.82) is 0 Å². The van der Waals surface area contributed by atoms with Gasteiger partial charge in [-0.2, -0.15) is 0 Å². The zero-order valence-electron chi connectivity index (χ0n) is 10.7. The van der Waals surface area contributed by atoms with Crippen molar-refractivity contribution in [2.24, 2.45) is 0 Å². The molecule has 1 heterocycles. The smallest absolute Gasteiger partial charge is 0.374 e. The van der Waals surface area contributed by atoms with Crippen LogP contribution in [0, 0.1) is 6.92 Å². The van der Waals surface area contributed by atoms with E-state index in [1.807, 2.05) is 0 Å². The van der Waals surface area contributed by atoms with Gasteiger partial charge in [0.05, 0.1) is 12.7 Å². The molecule has 106 valence electrons. The van der Waals surface area contributed by atoms with E-state index in [1.165, 1.54) is 25.3 Å². The van der Waals surface area contributed by atoms with Crippen molar-refractivity contribution >= 4 is 5.97 Å². The third-order valence-electron chi connectivity index (χ3n) is 2.81.